The van der Waals surface area contributed by atoms with Crippen LogP contribution in [0.4, 0.5) is 0 Å². The van der Waals surface area contributed by atoms with Gasteiger partial charge in [-0.25, -0.2) is 4.79 Å². The average molecular weight is 510 g/mol. The van der Waals surface area contributed by atoms with Gasteiger partial charge < -0.3 is 19.5 Å². The molecule has 0 radical (unpaired) electrons. The molecule has 1 N–H and O–H groups in total. The fourth-order valence-corrected chi connectivity index (χ4v) is 5.20. The Morgan fingerprint density at radius 3 is 2.50 bits per heavy atom. The van der Waals surface area contributed by atoms with Crippen molar-refractivity contribution in [1.82, 2.24) is 5.32 Å². The van der Waals surface area contributed by atoms with Crippen LogP contribution >= 0.6 is 11.6 Å². The van der Waals surface area contributed by atoms with Gasteiger partial charge in [0.25, 0.3) is 0 Å². The summed E-state index contributed by atoms with van der Waals surface area (Å²) in [6.45, 7) is 5.69. The number of hydrogen-bond donors (Lipinski definition) is 1. The van der Waals surface area contributed by atoms with Crippen LogP contribution in [0.15, 0.2) is 65.0 Å². The van der Waals surface area contributed by atoms with Crippen molar-refractivity contribution in [2.45, 2.75) is 58.0 Å². The molecule has 0 amide bonds. The quantitative estimate of drug-likeness (QED) is 0.457. The molecule has 3 atom stereocenters. The standard InChI is InChI=1S/C29H32ClNO5/c1-6-16(2)36-29(33)26-17(3)31-22-13-20(18-10-11-24(34-4)25(15-18)35-5)14-23(32)28(22)27(26)19-8-7-9-21(30)12-19/h7-12,15-16,20,27,31H,6,13-14H2,1-5H3/t16-,20+,27-/m1/s1. The molecule has 1 heterocycles. The molecular weight excluding hydrogens is 478 g/mol. The van der Waals surface area contributed by atoms with E-state index in [9.17, 15) is 9.59 Å². The number of rotatable bonds is 7. The number of carbonyl (C=O) groups excluding carboxylic acids is 2. The number of dihydropyridines is 1. The number of carbonyl (C=O) groups is 2. The zero-order chi connectivity index (χ0) is 26.0. The number of esters is 1. The van der Waals surface area contributed by atoms with Crippen molar-refractivity contribution in [2.75, 3.05) is 14.2 Å². The molecule has 0 fully saturated rings. The number of halogens is 1. The lowest BCUT2D eigenvalue weighted by Crippen LogP contribution is -2.36. The second-order valence-corrected chi connectivity index (χ2v) is 9.75. The largest absolute Gasteiger partial charge is 0.493 e. The van der Waals surface area contributed by atoms with Crippen molar-refractivity contribution in [1.29, 1.82) is 0 Å². The molecule has 2 aliphatic rings. The summed E-state index contributed by atoms with van der Waals surface area (Å²) in [7, 11) is 3.19. The third-order valence-corrected chi connectivity index (χ3v) is 7.23. The minimum absolute atomic E-state index is 0.00477. The van der Waals surface area contributed by atoms with Crippen molar-refractivity contribution >= 4 is 23.4 Å². The molecule has 36 heavy (non-hydrogen) atoms. The SMILES string of the molecule is CC[C@@H](C)OC(=O)C1=C(C)NC2=C(C(=O)C[C@@H](c3ccc(OC)c(OC)c3)C2)[C@@H]1c1cccc(Cl)c1. The summed E-state index contributed by atoms with van der Waals surface area (Å²) in [5.74, 6) is 0.265. The lowest BCUT2D eigenvalue weighted by Gasteiger charge is -2.37. The van der Waals surface area contributed by atoms with Crippen LogP contribution in [-0.4, -0.2) is 32.1 Å². The Labute approximate surface area is 217 Å². The minimum Gasteiger partial charge on any atom is -0.493 e. The highest BCUT2D eigenvalue weighted by Crippen LogP contribution is 2.46. The summed E-state index contributed by atoms with van der Waals surface area (Å²) in [6.07, 6.45) is 1.41. The van der Waals surface area contributed by atoms with Gasteiger partial charge in [-0.05, 0) is 68.0 Å². The van der Waals surface area contributed by atoms with E-state index in [1.54, 1.807) is 20.3 Å². The van der Waals surface area contributed by atoms with Gasteiger partial charge >= 0.3 is 5.97 Å². The Morgan fingerprint density at radius 2 is 1.83 bits per heavy atom. The molecule has 2 aromatic rings. The predicted octanol–water partition coefficient (Wildman–Crippen LogP) is 6.06. The van der Waals surface area contributed by atoms with E-state index in [0.29, 0.717) is 52.6 Å². The van der Waals surface area contributed by atoms with Crippen LogP contribution in [0.3, 0.4) is 0 Å². The number of hydrogen-bond acceptors (Lipinski definition) is 6. The van der Waals surface area contributed by atoms with Crippen molar-refractivity contribution < 1.29 is 23.8 Å². The van der Waals surface area contributed by atoms with Crippen LogP contribution in [0, 0.1) is 0 Å². The van der Waals surface area contributed by atoms with Crippen molar-refractivity contribution in [3.05, 3.63) is 81.2 Å². The van der Waals surface area contributed by atoms with Crippen LogP contribution in [-0.2, 0) is 14.3 Å². The van der Waals surface area contributed by atoms with E-state index >= 15 is 0 Å². The third-order valence-electron chi connectivity index (χ3n) is 6.99. The van der Waals surface area contributed by atoms with Gasteiger partial charge in [0.1, 0.15) is 0 Å². The van der Waals surface area contributed by atoms with Gasteiger partial charge in [0.2, 0.25) is 0 Å². The number of Topliss-reactive ketones (excluding diaryl/α,β-unsaturated/α-hetero) is 1. The minimum atomic E-state index is -0.546. The van der Waals surface area contributed by atoms with E-state index in [0.717, 1.165) is 16.8 Å². The van der Waals surface area contributed by atoms with Crippen molar-refractivity contribution in [3.8, 4) is 11.5 Å². The zero-order valence-corrected chi connectivity index (χ0v) is 22.1. The normalized spacial score (nSPS) is 20.4. The first-order chi connectivity index (χ1) is 17.3. The number of ketones is 1. The highest BCUT2D eigenvalue weighted by Gasteiger charge is 2.41. The summed E-state index contributed by atoms with van der Waals surface area (Å²) in [6, 6.07) is 13.1. The molecule has 7 heteroatoms. The van der Waals surface area contributed by atoms with Crippen LogP contribution in [0.1, 0.15) is 63.0 Å². The maximum Gasteiger partial charge on any atom is 0.337 e. The van der Waals surface area contributed by atoms with E-state index in [4.69, 9.17) is 25.8 Å². The molecule has 0 aromatic heterocycles. The van der Waals surface area contributed by atoms with E-state index in [1.165, 1.54) is 0 Å². The lowest BCUT2D eigenvalue weighted by atomic mass is 9.71. The maximum absolute atomic E-state index is 13.8. The molecule has 0 bridgehead atoms. The van der Waals surface area contributed by atoms with E-state index in [1.807, 2.05) is 57.2 Å². The average Bonchev–Trinajstić information content (AvgIpc) is 2.86. The topological polar surface area (TPSA) is 73.9 Å². The third kappa shape index (κ3) is 5.00. The summed E-state index contributed by atoms with van der Waals surface area (Å²) in [5, 5.41) is 3.93. The lowest BCUT2D eigenvalue weighted by molar-refractivity contribution is -0.144. The van der Waals surface area contributed by atoms with E-state index in [-0.39, 0.29) is 17.8 Å². The molecule has 0 saturated carbocycles. The monoisotopic (exact) mass is 509 g/mol. The van der Waals surface area contributed by atoms with Crippen LogP contribution in [0.2, 0.25) is 5.02 Å². The number of ether oxygens (including phenoxy) is 3. The van der Waals surface area contributed by atoms with Gasteiger partial charge in [-0.3, -0.25) is 4.79 Å². The summed E-state index contributed by atoms with van der Waals surface area (Å²) < 4.78 is 16.6. The molecule has 1 aliphatic carbocycles. The van der Waals surface area contributed by atoms with Crippen LogP contribution in [0.25, 0.3) is 0 Å². The second-order valence-electron chi connectivity index (χ2n) is 9.31. The molecule has 2 aromatic carbocycles. The molecule has 1 aliphatic heterocycles. The molecule has 190 valence electrons. The van der Waals surface area contributed by atoms with Gasteiger partial charge in [-0.1, -0.05) is 36.7 Å². The Morgan fingerprint density at radius 1 is 1.08 bits per heavy atom. The highest BCUT2D eigenvalue weighted by atomic mass is 35.5. The van der Waals surface area contributed by atoms with Crippen molar-refractivity contribution in [2.24, 2.45) is 0 Å². The van der Waals surface area contributed by atoms with Gasteiger partial charge in [0.15, 0.2) is 17.3 Å². The van der Waals surface area contributed by atoms with Gasteiger partial charge in [0.05, 0.1) is 25.9 Å². The van der Waals surface area contributed by atoms with Crippen LogP contribution < -0.4 is 14.8 Å². The predicted molar refractivity (Wildman–Crippen MR) is 139 cm³/mol. The summed E-state index contributed by atoms with van der Waals surface area (Å²) >= 11 is 6.33. The molecular formula is C29H32ClNO5. The Kier molecular flexibility index (Phi) is 7.74. The molecule has 4 rings (SSSR count). The first-order valence-corrected chi connectivity index (χ1v) is 12.6. The van der Waals surface area contributed by atoms with Gasteiger partial charge in [-0.15, -0.1) is 0 Å². The summed E-state index contributed by atoms with van der Waals surface area (Å²) in [4.78, 5) is 27.1. The Balaban J connectivity index is 1.76. The van der Waals surface area contributed by atoms with E-state index in [2.05, 4.69) is 5.32 Å². The molecule has 6 nitrogen and oxygen atoms in total. The first-order valence-electron chi connectivity index (χ1n) is 12.2. The van der Waals surface area contributed by atoms with E-state index < -0.39 is 11.9 Å². The van der Waals surface area contributed by atoms with Crippen LogP contribution in [0.5, 0.6) is 11.5 Å². The number of benzene rings is 2. The summed E-state index contributed by atoms with van der Waals surface area (Å²) in [5.41, 5.74) is 4.37. The fourth-order valence-electron chi connectivity index (χ4n) is 5.00. The number of methoxy groups -OCH3 is 2. The van der Waals surface area contributed by atoms with Crippen molar-refractivity contribution in [3.63, 3.8) is 0 Å². The number of allylic oxidation sites excluding steroid dienone is 3. The number of nitrogens with one attached hydrogen (secondary N) is 1. The second kappa shape index (κ2) is 10.8. The molecule has 0 spiro atoms. The first kappa shape index (κ1) is 25.8. The fraction of sp³-hybridized carbons (Fsp3) is 0.379. The Hall–Kier alpha value is -3.25. The molecule has 0 unspecified atom stereocenters. The highest BCUT2D eigenvalue weighted by molar-refractivity contribution is 6.30. The Bertz CT molecular complexity index is 1250. The smallest absolute Gasteiger partial charge is 0.337 e. The van der Waals surface area contributed by atoms with Gasteiger partial charge in [-0.2, -0.15) is 0 Å². The van der Waals surface area contributed by atoms with Gasteiger partial charge in [0, 0.05) is 34.3 Å². The maximum atomic E-state index is 13.8. The molecule has 0 saturated heterocycles. The zero-order valence-electron chi connectivity index (χ0n) is 21.3.